The average Bonchev–Trinajstić information content (AvgIpc) is 3.70. The minimum atomic E-state index is -3.92. The van der Waals surface area contributed by atoms with Gasteiger partial charge in [-0.1, -0.05) is 44.2 Å². The number of nitrogens with zero attached hydrogens (tertiary/aromatic N) is 6. The molecule has 0 radical (unpaired) electrons. The topological polar surface area (TPSA) is 201 Å². The fourth-order valence-corrected chi connectivity index (χ4v) is 5.59. The van der Waals surface area contributed by atoms with E-state index in [1.165, 1.54) is 24.5 Å². The van der Waals surface area contributed by atoms with Crippen LogP contribution in [0.4, 0.5) is 20.7 Å². The molecular weight excluding hydrogens is 622 g/mol. The van der Waals surface area contributed by atoms with Crippen LogP contribution in [0.5, 0.6) is 0 Å². The van der Waals surface area contributed by atoms with Crippen LogP contribution in [0.25, 0.3) is 34.2 Å². The van der Waals surface area contributed by atoms with Gasteiger partial charge in [0.25, 0.3) is 0 Å². The molecule has 4 aromatic heterocycles. The van der Waals surface area contributed by atoms with Gasteiger partial charge in [0.2, 0.25) is 17.8 Å². The number of pyridine rings is 2. The number of alkyl halides is 2. The van der Waals surface area contributed by atoms with Crippen molar-refractivity contribution in [2.45, 2.75) is 26.2 Å². The number of aromatic nitrogens is 8. The van der Waals surface area contributed by atoms with E-state index in [-0.39, 0.29) is 35.2 Å². The number of nitrogens with one attached hydrogen (secondary N) is 4. The van der Waals surface area contributed by atoms with Crippen molar-refractivity contribution in [3.63, 3.8) is 0 Å². The molecule has 0 saturated carbocycles. The Bertz CT molecular complexity index is 1950. The number of amides is 2. The largest absolute Gasteiger partial charge is 0.350 e. The maximum absolute atomic E-state index is 15.2. The summed E-state index contributed by atoms with van der Waals surface area (Å²) in [6.07, 6.45) is 3.40. The maximum Gasteiger partial charge on any atom is 0.350 e. The van der Waals surface area contributed by atoms with E-state index in [2.05, 4.69) is 51.0 Å². The highest BCUT2D eigenvalue weighted by Crippen LogP contribution is 2.32. The van der Waals surface area contributed by atoms with Crippen LogP contribution >= 0.6 is 0 Å². The maximum atomic E-state index is 15.2. The van der Waals surface area contributed by atoms with E-state index in [0.717, 1.165) is 6.07 Å². The standard InChI is InChI=1S/C29H28F2N10O4S/c1-17(2)11-13-46(44,45)16-23(42)34-27-35-25(39-40-27)22-10-9-19(15-33-22)18-6-5-7-20(14-18)29(30,31)26(43)37-28-36-24(38-41-28)21-8-3-4-12-32-21/h3-10,12,14-15,17H,11,13,16H2,1-2H3,(H2,34,35,39,40,42)(H2,36,37,38,41,43). The number of halogens is 2. The third-order valence-electron chi connectivity index (χ3n) is 6.58. The first kappa shape index (κ1) is 32.0. The zero-order chi connectivity index (χ0) is 32.9. The summed E-state index contributed by atoms with van der Waals surface area (Å²) < 4.78 is 54.7. The summed E-state index contributed by atoms with van der Waals surface area (Å²) in [5.74, 6) is -6.82. The Balaban J connectivity index is 1.23. The van der Waals surface area contributed by atoms with Crippen molar-refractivity contribution < 1.29 is 26.8 Å². The Morgan fingerprint density at radius 3 is 2.17 bits per heavy atom. The molecule has 0 atom stereocenters. The van der Waals surface area contributed by atoms with Crippen molar-refractivity contribution in [1.29, 1.82) is 0 Å². The highest BCUT2D eigenvalue weighted by molar-refractivity contribution is 7.92. The number of aromatic amines is 2. The van der Waals surface area contributed by atoms with Gasteiger partial charge in [0.15, 0.2) is 21.5 Å². The predicted molar refractivity (Wildman–Crippen MR) is 164 cm³/mol. The molecule has 17 heteroatoms. The van der Waals surface area contributed by atoms with Crippen LogP contribution < -0.4 is 10.6 Å². The fourth-order valence-electron chi connectivity index (χ4n) is 4.14. The van der Waals surface area contributed by atoms with Crippen LogP contribution in [0.2, 0.25) is 0 Å². The molecule has 5 aromatic rings. The van der Waals surface area contributed by atoms with E-state index in [1.54, 1.807) is 36.4 Å². The van der Waals surface area contributed by atoms with Gasteiger partial charge >= 0.3 is 11.8 Å². The van der Waals surface area contributed by atoms with Crippen molar-refractivity contribution in [3.8, 4) is 34.2 Å². The Morgan fingerprint density at radius 2 is 1.54 bits per heavy atom. The fraction of sp³-hybridized carbons (Fsp3) is 0.241. The molecule has 14 nitrogen and oxygen atoms in total. The van der Waals surface area contributed by atoms with Crippen molar-refractivity contribution >= 4 is 33.5 Å². The normalized spacial score (nSPS) is 11.8. The summed E-state index contributed by atoms with van der Waals surface area (Å²) in [5.41, 5.74) is 1.02. The smallest absolute Gasteiger partial charge is 0.306 e. The van der Waals surface area contributed by atoms with Crippen LogP contribution in [0.3, 0.4) is 0 Å². The van der Waals surface area contributed by atoms with Gasteiger partial charge in [0, 0.05) is 23.5 Å². The van der Waals surface area contributed by atoms with E-state index < -0.39 is 38.9 Å². The summed E-state index contributed by atoms with van der Waals surface area (Å²) in [6, 6.07) is 13.5. The molecule has 0 aliphatic heterocycles. The molecule has 5 rings (SSSR count). The van der Waals surface area contributed by atoms with Crippen LogP contribution in [-0.2, 0) is 25.3 Å². The van der Waals surface area contributed by atoms with E-state index in [4.69, 9.17) is 0 Å². The van der Waals surface area contributed by atoms with Gasteiger partial charge in [-0.05, 0) is 42.2 Å². The molecule has 46 heavy (non-hydrogen) atoms. The Hall–Kier alpha value is -5.45. The Morgan fingerprint density at radius 1 is 0.848 bits per heavy atom. The zero-order valence-electron chi connectivity index (χ0n) is 24.5. The van der Waals surface area contributed by atoms with E-state index in [9.17, 15) is 18.0 Å². The number of hydrogen-bond donors (Lipinski definition) is 4. The molecule has 2 amide bonds. The van der Waals surface area contributed by atoms with Crippen LogP contribution in [0.15, 0.2) is 67.0 Å². The molecule has 0 bridgehead atoms. The molecule has 238 valence electrons. The second-order valence-corrected chi connectivity index (χ2v) is 12.8. The molecule has 0 unspecified atom stereocenters. The molecule has 0 aliphatic carbocycles. The lowest BCUT2D eigenvalue weighted by atomic mass is 10.0. The van der Waals surface area contributed by atoms with Crippen LogP contribution in [0, 0.1) is 5.92 Å². The van der Waals surface area contributed by atoms with Crippen molar-refractivity contribution in [1.82, 2.24) is 40.3 Å². The van der Waals surface area contributed by atoms with Gasteiger partial charge in [0.1, 0.15) is 17.1 Å². The lowest BCUT2D eigenvalue weighted by Gasteiger charge is -2.16. The number of H-pyrrole nitrogens is 2. The summed E-state index contributed by atoms with van der Waals surface area (Å²) in [5, 5.41) is 19.7. The minimum Gasteiger partial charge on any atom is -0.306 e. The first-order chi connectivity index (χ1) is 21.9. The van der Waals surface area contributed by atoms with Gasteiger partial charge < -0.3 is 9.97 Å². The quantitative estimate of drug-likeness (QED) is 0.154. The number of sulfone groups is 1. The number of benzene rings is 1. The first-order valence-corrected chi connectivity index (χ1v) is 15.8. The Kier molecular flexibility index (Phi) is 9.22. The van der Waals surface area contributed by atoms with Gasteiger partial charge in [-0.25, -0.2) is 8.42 Å². The molecule has 4 heterocycles. The highest BCUT2D eigenvalue weighted by atomic mass is 32.2. The first-order valence-electron chi connectivity index (χ1n) is 13.9. The van der Waals surface area contributed by atoms with Crippen molar-refractivity contribution in [3.05, 3.63) is 72.6 Å². The molecule has 1 aromatic carbocycles. The van der Waals surface area contributed by atoms with E-state index in [1.807, 2.05) is 13.8 Å². The molecule has 0 aliphatic rings. The minimum absolute atomic E-state index is 0.0589. The number of carbonyl (C=O) groups excluding carboxylic acids is 2. The summed E-state index contributed by atoms with van der Waals surface area (Å²) in [4.78, 5) is 38.6. The van der Waals surface area contributed by atoms with E-state index >= 15 is 8.78 Å². The van der Waals surface area contributed by atoms with Gasteiger partial charge in [-0.3, -0.25) is 30.2 Å². The second kappa shape index (κ2) is 13.3. The van der Waals surface area contributed by atoms with E-state index in [0.29, 0.717) is 28.9 Å². The van der Waals surface area contributed by atoms with Crippen LogP contribution in [-0.4, -0.2) is 72.1 Å². The summed E-state index contributed by atoms with van der Waals surface area (Å²) >= 11 is 0. The van der Waals surface area contributed by atoms with Crippen molar-refractivity contribution in [2.75, 3.05) is 22.1 Å². The lowest BCUT2D eigenvalue weighted by Crippen LogP contribution is -2.32. The molecule has 4 N–H and O–H groups in total. The molecule has 0 spiro atoms. The number of carbonyl (C=O) groups is 2. The van der Waals surface area contributed by atoms with Gasteiger partial charge in [0.05, 0.1) is 5.75 Å². The predicted octanol–water partition coefficient (Wildman–Crippen LogP) is 3.84. The highest BCUT2D eigenvalue weighted by Gasteiger charge is 2.41. The monoisotopic (exact) mass is 650 g/mol. The van der Waals surface area contributed by atoms with Crippen molar-refractivity contribution in [2.24, 2.45) is 5.92 Å². The number of rotatable bonds is 12. The second-order valence-electron chi connectivity index (χ2n) is 10.6. The molecular formula is C29H28F2N10O4S. The zero-order valence-corrected chi connectivity index (χ0v) is 25.3. The third kappa shape index (κ3) is 7.79. The molecule has 0 fully saturated rings. The number of hydrogen-bond acceptors (Lipinski definition) is 10. The van der Waals surface area contributed by atoms with Crippen LogP contribution in [0.1, 0.15) is 25.8 Å². The van der Waals surface area contributed by atoms with Gasteiger partial charge in [-0.2, -0.15) is 8.78 Å². The lowest BCUT2D eigenvalue weighted by molar-refractivity contribution is -0.141. The average molecular weight is 651 g/mol. The third-order valence-corrected chi connectivity index (χ3v) is 8.14. The van der Waals surface area contributed by atoms with Gasteiger partial charge in [-0.15, -0.1) is 20.4 Å². The Labute approximate surface area is 261 Å². The summed E-state index contributed by atoms with van der Waals surface area (Å²) in [6.45, 7) is 3.79. The molecule has 0 saturated heterocycles. The summed E-state index contributed by atoms with van der Waals surface area (Å²) in [7, 11) is -3.58. The SMILES string of the molecule is CC(C)CCS(=O)(=O)CC(=O)Nc1nnc(-c2ccc(-c3cccc(C(F)(F)C(=O)Nc4nnc(-c5ccccn5)[nH]4)c3)cn2)[nH]1. The number of anilines is 2.